The number of hydrogen-bond acceptors (Lipinski definition) is 3. The van der Waals surface area contributed by atoms with Crippen molar-refractivity contribution in [2.24, 2.45) is 0 Å². The van der Waals surface area contributed by atoms with Crippen LogP contribution in [0.2, 0.25) is 0 Å². The van der Waals surface area contributed by atoms with Gasteiger partial charge in [-0.2, -0.15) is 0 Å². The number of rotatable bonds is 4. The second-order valence-electron chi connectivity index (χ2n) is 5.77. The van der Waals surface area contributed by atoms with E-state index in [4.69, 9.17) is 4.74 Å². The molecule has 1 unspecified atom stereocenters. The molecule has 22 heavy (non-hydrogen) atoms. The number of carbonyl (C=O) groups is 1. The van der Waals surface area contributed by atoms with Gasteiger partial charge < -0.3 is 4.74 Å². The third kappa shape index (κ3) is 3.91. The maximum Gasteiger partial charge on any atom is 0.133 e. The number of morpholine rings is 1. The Balaban J connectivity index is 1.59. The fraction of sp³-hybridized carbons (Fsp3) is 0.471. The average Bonchev–Trinajstić information content (AvgIpc) is 3.00. The number of carbonyl (C=O) groups excluding carboxylic acids is 1. The largest absolute Gasteiger partial charge is 0.379 e. The van der Waals surface area contributed by atoms with Crippen LogP contribution in [-0.4, -0.2) is 40.6 Å². The topological polar surface area (TPSA) is 46.6 Å². The Kier molecular flexibility index (Phi) is 5.18. The molecule has 1 heterocycles. The fourth-order valence-corrected chi connectivity index (χ4v) is 3.88. The lowest BCUT2D eigenvalue weighted by molar-refractivity contribution is -0.117. The highest BCUT2D eigenvalue weighted by atomic mass is 32.2. The van der Waals surface area contributed by atoms with Crippen LogP contribution in [-0.2, 0) is 20.5 Å². The zero-order chi connectivity index (χ0) is 15.4. The van der Waals surface area contributed by atoms with E-state index in [1.54, 1.807) is 5.41 Å². The van der Waals surface area contributed by atoms with Crippen molar-refractivity contribution in [1.82, 2.24) is 4.31 Å². The molecule has 5 heteroatoms. The molecule has 1 saturated heterocycles. The van der Waals surface area contributed by atoms with Gasteiger partial charge in [0.15, 0.2) is 0 Å². The molecule has 1 aliphatic heterocycles. The summed E-state index contributed by atoms with van der Waals surface area (Å²) in [5.74, 6) is 0.753. The van der Waals surface area contributed by atoms with Gasteiger partial charge in [0, 0.05) is 31.3 Å². The molecule has 0 spiro atoms. The van der Waals surface area contributed by atoms with Gasteiger partial charge in [-0.3, -0.25) is 4.79 Å². The molecule has 3 rings (SSSR count). The molecule has 1 aromatic rings. The molecule has 2 aliphatic rings. The first-order valence-corrected chi connectivity index (χ1v) is 8.92. The summed E-state index contributed by atoms with van der Waals surface area (Å²) in [6.45, 7) is 2.72. The molecule has 4 nitrogen and oxygen atoms in total. The predicted octanol–water partition coefficient (Wildman–Crippen LogP) is 2.49. The van der Waals surface area contributed by atoms with E-state index in [9.17, 15) is 9.00 Å². The minimum atomic E-state index is -1.09. The van der Waals surface area contributed by atoms with Crippen LogP contribution in [0, 0.1) is 0 Å². The molecular weight excluding hydrogens is 298 g/mol. The van der Waals surface area contributed by atoms with E-state index in [1.807, 2.05) is 22.5 Å². The van der Waals surface area contributed by atoms with Crippen molar-refractivity contribution in [3.8, 4) is 0 Å². The van der Waals surface area contributed by atoms with Gasteiger partial charge in [0.05, 0.1) is 13.2 Å². The Morgan fingerprint density at radius 1 is 1.18 bits per heavy atom. The third-order valence-corrected chi connectivity index (χ3v) is 5.50. The lowest BCUT2D eigenvalue weighted by atomic mass is 9.97. The van der Waals surface area contributed by atoms with Crippen molar-refractivity contribution in [3.05, 3.63) is 40.8 Å². The molecule has 2 atom stereocenters. The standard InChI is InChI=1S/C17H21NO3S/c19-17-6-5-16(13-17)15-3-1-14(2-4-15)7-12-22(20)18-8-10-21-11-9-18/h1-4,7,12,16H,5-6,8-11,13H2/b12-7+/t16-,22?/m1/s1. The minimum Gasteiger partial charge on any atom is -0.379 e. The van der Waals surface area contributed by atoms with Gasteiger partial charge in [-0.25, -0.2) is 8.51 Å². The Morgan fingerprint density at radius 2 is 1.91 bits per heavy atom. The first kappa shape index (κ1) is 15.6. The lowest BCUT2D eigenvalue weighted by Crippen LogP contribution is -2.36. The van der Waals surface area contributed by atoms with E-state index in [1.165, 1.54) is 5.56 Å². The first-order chi connectivity index (χ1) is 10.7. The summed E-state index contributed by atoms with van der Waals surface area (Å²) in [4.78, 5) is 11.4. The van der Waals surface area contributed by atoms with Crippen molar-refractivity contribution in [3.63, 3.8) is 0 Å². The summed E-state index contributed by atoms with van der Waals surface area (Å²) < 4.78 is 19.3. The van der Waals surface area contributed by atoms with Gasteiger partial charge in [0.1, 0.15) is 16.8 Å². The van der Waals surface area contributed by atoms with E-state index < -0.39 is 11.0 Å². The molecule has 1 aliphatic carbocycles. The normalized spacial score (nSPS) is 24.9. The second kappa shape index (κ2) is 7.31. The van der Waals surface area contributed by atoms with Gasteiger partial charge >= 0.3 is 0 Å². The Hall–Kier alpha value is -1.30. The number of hydrogen-bond donors (Lipinski definition) is 0. The number of Topliss-reactive ketones (excluding diaryl/α,β-unsaturated/α-hetero) is 1. The van der Waals surface area contributed by atoms with Crippen molar-refractivity contribution >= 4 is 22.8 Å². The highest BCUT2D eigenvalue weighted by Crippen LogP contribution is 2.32. The van der Waals surface area contributed by atoms with Crippen LogP contribution in [0.15, 0.2) is 29.7 Å². The monoisotopic (exact) mass is 319 g/mol. The number of benzene rings is 1. The van der Waals surface area contributed by atoms with Crippen molar-refractivity contribution < 1.29 is 13.7 Å². The van der Waals surface area contributed by atoms with Gasteiger partial charge in [0.2, 0.25) is 0 Å². The lowest BCUT2D eigenvalue weighted by Gasteiger charge is -2.23. The average molecular weight is 319 g/mol. The first-order valence-electron chi connectivity index (χ1n) is 7.75. The van der Waals surface area contributed by atoms with Crippen LogP contribution < -0.4 is 0 Å². The molecule has 0 radical (unpaired) electrons. The molecule has 0 aromatic heterocycles. The minimum absolute atomic E-state index is 0.370. The molecule has 1 saturated carbocycles. The van der Waals surface area contributed by atoms with E-state index in [-0.39, 0.29) is 0 Å². The summed E-state index contributed by atoms with van der Waals surface area (Å²) in [6, 6.07) is 8.23. The molecule has 0 N–H and O–H groups in total. The number of ether oxygens (including phenoxy) is 1. The maximum absolute atomic E-state index is 12.1. The molecule has 0 bridgehead atoms. The Labute approximate surface area is 133 Å². The van der Waals surface area contributed by atoms with Gasteiger partial charge in [-0.15, -0.1) is 0 Å². The quantitative estimate of drug-likeness (QED) is 0.856. The van der Waals surface area contributed by atoms with Gasteiger partial charge in [-0.05, 0) is 29.5 Å². The highest BCUT2D eigenvalue weighted by Gasteiger charge is 2.23. The zero-order valence-electron chi connectivity index (χ0n) is 12.6. The summed E-state index contributed by atoms with van der Waals surface area (Å²) in [6.07, 6.45) is 4.26. The maximum atomic E-state index is 12.1. The van der Waals surface area contributed by atoms with Crippen LogP contribution in [0.3, 0.4) is 0 Å². The molecule has 0 amide bonds. The summed E-state index contributed by atoms with van der Waals surface area (Å²) in [5.41, 5.74) is 2.27. The number of nitrogens with zero attached hydrogens (tertiary/aromatic N) is 1. The smallest absolute Gasteiger partial charge is 0.133 e. The molecule has 118 valence electrons. The van der Waals surface area contributed by atoms with Crippen molar-refractivity contribution in [2.45, 2.75) is 25.2 Å². The van der Waals surface area contributed by atoms with E-state index in [0.717, 1.165) is 12.0 Å². The van der Waals surface area contributed by atoms with Gasteiger partial charge in [0.25, 0.3) is 0 Å². The summed E-state index contributed by atoms with van der Waals surface area (Å²) >= 11 is 0. The van der Waals surface area contributed by atoms with Crippen molar-refractivity contribution in [1.29, 1.82) is 0 Å². The van der Waals surface area contributed by atoms with E-state index in [0.29, 0.717) is 50.8 Å². The number of ketones is 1. The molecule has 1 aromatic carbocycles. The van der Waals surface area contributed by atoms with Crippen LogP contribution in [0.5, 0.6) is 0 Å². The second-order valence-corrected chi connectivity index (χ2v) is 7.11. The summed E-state index contributed by atoms with van der Waals surface area (Å²) in [7, 11) is -1.09. The summed E-state index contributed by atoms with van der Waals surface area (Å²) in [5, 5.41) is 1.74. The third-order valence-electron chi connectivity index (χ3n) is 4.26. The Bertz CT molecular complexity index is 576. The SMILES string of the molecule is O=C1CC[C@@H](c2ccc(/C=C/S(=O)N3CCOCC3)cc2)C1. The predicted molar refractivity (Wildman–Crippen MR) is 87.6 cm³/mol. The van der Waals surface area contributed by atoms with Crippen LogP contribution in [0.25, 0.3) is 6.08 Å². The van der Waals surface area contributed by atoms with Crippen LogP contribution >= 0.6 is 0 Å². The fourth-order valence-electron chi connectivity index (χ4n) is 2.93. The van der Waals surface area contributed by atoms with Gasteiger partial charge in [-0.1, -0.05) is 24.3 Å². The van der Waals surface area contributed by atoms with E-state index in [2.05, 4.69) is 12.1 Å². The zero-order valence-corrected chi connectivity index (χ0v) is 13.4. The molecular formula is C17H21NO3S. The Morgan fingerprint density at radius 3 is 2.55 bits per heavy atom. The van der Waals surface area contributed by atoms with Crippen LogP contribution in [0.4, 0.5) is 0 Å². The van der Waals surface area contributed by atoms with Crippen molar-refractivity contribution in [2.75, 3.05) is 26.3 Å². The van der Waals surface area contributed by atoms with Crippen LogP contribution in [0.1, 0.15) is 36.3 Å². The van der Waals surface area contributed by atoms with E-state index >= 15 is 0 Å². The molecule has 2 fully saturated rings. The highest BCUT2D eigenvalue weighted by molar-refractivity contribution is 7.85.